The SMILES string of the molecule is COCC(C)NC(=S)N1CCCCC1C. The summed E-state index contributed by atoms with van der Waals surface area (Å²) in [5.41, 5.74) is 0. The Bertz CT molecular complexity index is 211. The lowest BCUT2D eigenvalue weighted by atomic mass is 10.0. The van der Waals surface area contributed by atoms with Crippen molar-refractivity contribution in [3.05, 3.63) is 0 Å². The molecule has 0 radical (unpaired) electrons. The minimum absolute atomic E-state index is 0.289. The van der Waals surface area contributed by atoms with Gasteiger partial charge in [0, 0.05) is 25.7 Å². The van der Waals surface area contributed by atoms with Crippen molar-refractivity contribution in [3.63, 3.8) is 0 Å². The smallest absolute Gasteiger partial charge is 0.169 e. The van der Waals surface area contributed by atoms with E-state index in [1.807, 2.05) is 0 Å². The zero-order valence-corrected chi connectivity index (χ0v) is 10.8. The predicted molar refractivity (Wildman–Crippen MR) is 67.1 cm³/mol. The van der Waals surface area contributed by atoms with Crippen LogP contribution in [-0.2, 0) is 4.74 Å². The monoisotopic (exact) mass is 230 g/mol. The largest absolute Gasteiger partial charge is 0.383 e. The number of ether oxygens (including phenoxy) is 1. The summed E-state index contributed by atoms with van der Waals surface area (Å²) in [6.45, 7) is 6.12. The highest BCUT2D eigenvalue weighted by atomic mass is 32.1. The van der Waals surface area contributed by atoms with Crippen LogP contribution in [0.25, 0.3) is 0 Å². The van der Waals surface area contributed by atoms with Crippen LogP contribution in [0.2, 0.25) is 0 Å². The Morgan fingerprint density at radius 3 is 2.93 bits per heavy atom. The van der Waals surface area contributed by atoms with E-state index in [0.29, 0.717) is 12.6 Å². The Morgan fingerprint density at radius 2 is 2.33 bits per heavy atom. The first-order valence-corrected chi connectivity index (χ1v) is 6.12. The van der Waals surface area contributed by atoms with Crippen LogP contribution in [0.15, 0.2) is 0 Å². The predicted octanol–water partition coefficient (Wildman–Crippen LogP) is 1.77. The highest BCUT2D eigenvalue weighted by Gasteiger charge is 2.21. The van der Waals surface area contributed by atoms with Gasteiger partial charge in [-0.3, -0.25) is 0 Å². The first-order chi connectivity index (χ1) is 7.15. The number of nitrogens with zero attached hydrogens (tertiary/aromatic N) is 1. The third kappa shape index (κ3) is 3.95. The number of likely N-dealkylation sites (tertiary alicyclic amines) is 1. The second kappa shape index (κ2) is 6.28. The fraction of sp³-hybridized carbons (Fsp3) is 0.909. The van der Waals surface area contributed by atoms with Crippen molar-refractivity contribution in [1.29, 1.82) is 0 Å². The molecular weight excluding hydrogens is 208 g/mol. The summed E-state index contributed by atoms with van der Waals surface area (Å²) in [4.78, 5) is 2.30. The molecule has 0 aliphatic carbocycles. The standard InChI is InChI=1S/C11H22N2OS/c1-9(8-14-3)12-11(15)13-7-5-4-6-10(13)2/h9-10H,4-8H2,1-3H3,(H,12,15). The molecule has 1 saturated heterocycles. The van der Waals surface area contributed by atoms with Crippen molar-refractivity contribution < 1.29 is 4.74 Å². The molecule has 2 atom stereocenters. The lowest BCUT2D eigenvalue weighted by Crippen LogP contribution is -2.50. The molecular formula is C11H22N2OS. The minimum Gasteiger partial charge on any atom is -0.383 e. The van der Waals surface area contributed by atoms with Crippen LogP contribution in [-0.4, -0.2) is 42.4 Å². The Morgan fingerprint density at radius 1 is 1.60 bits per heavy atom. The maximum absolute atomic E-state index is 5.40. The lowest BCUT2D eigenvalue weighted by molar-refractivity contribution is 0.175. The van der Waals surface area contributed by atoms with E-state index in [4.69, 9.17) is 17.0 Å². The van der Waals surface area contributed by atoms with E-state index in [0.717, 1.165) is 11.7 Å². The van der Waals surface area contributed by atoms with Crippen molar-refractivity contribution in [3.8, 4) is 0 Å². The molecule has 1 aliphatic rings. The molecule has 2 unspecified atom stereocenters. The minimum atomic E-state index is 0.289. The van der Waals surface area contributed by atoms with Gasteiger partial charge >= 0.3 is 0 Å². The van der Waals surface area contributed by atoms with E-state index >= 15 is 0 Å². The van der Waals surface area contributed by atoms with Crippen molar-refractivity contribution >= 4 is 17.3 Å². The zero-order chi connectivity index (χ0) is 11.3. The zero-order valence-electron chi connectivity index (χ0n) is 9.95. The molecule has 0 aromatic heterocycles. The highest BCUT2D eigenvalue weighted by Crippen LogP contribution is 2.16. The fourth-order valence-corrected chi connectivity index (χ4v) is 2.46. The molecule has 1 N–H and O–H groups in total. The van der Waals surface area contributed by atoms with Gasteiger partial charge in [0.05, 0.1) is 6.61 Å². The van der Waals surface area contributed by atoms with Gasteiger partial charge in [-0.15, -0.1) is 0 Å². The topological polar surface area (TPSA) is 24.5 Å². The van der Waals surface area contributed by atoms with Crippen molar-refractivity contribution in [2.45, 2.75) is 45.2 Å². The number of piperidine rings is 1. The molecule has 4 heteroatoms. The van der Waals surface area contributed by atoms with E-state index in [2.05, 4.69) is 24.1 Å². The Hall–Kier alpha value is -0.350. The van der Waals surface area contributed by atoms with Crippen LogP contribution in [0.4, 0.5) is 0 Å². The van der Waals surface area contributed by atoms with Gasteiger partial charge in [-0.1, -0.05) is 0 Å². The van der Waals surface area contributed by atoms with Gasteiger partial charge < -0.3 is 15.0 Å². The van der Waals surface area contributed by atoms with E-state index in [9.17, 15) is 0 Å². The summed E-state index contributed by atoms with van der Waals surface area (Å²) in [6.07, 6.45) is 3.83. The summed E-state index contributed by atoms with van der Waals surface area (Å²) in [7, 11) is 1.71. The molecule has 0 amide bonds. The van der Waals surface area contributed by atoms with E-state index in [1.54, 1.807) is 7.11 Å². The van der Waals surface area contributed by atoms with Gasteiger partial charge in [0.15, 0.2) is 5.11 Å². The Kier molecular flexibility index (Phi) is 5.32. The van der Waals surface area contributed by atoms with Gasteiger partial charge in [-0.2, -0.15) is 0 Å². The molecule has 1 aliphatic heterocycles. The molecule has 0 aromatic carbocycles. The summed E-state index contributed by atoms with van der Waals surface area (Å²) in [6, 6.07) is 0.866. The maximum Gasteiger partial charge on any atom is 0.169 e. The van der Waals surface area contributed by atoms with Crippen LogP contribution in [0.3, 0.4) is 0 Å². The third-order valence-electron chi connectivity index (χ3n) is 2.85. The van der Waals surface area contributed by atoms with Crippen LogP contribution >= 0.6 is 12.2 Å². The van der Waals surface area contributed by atoms with Gasteiger partial charge in [-0.05, 0) is 45.3 Å². The van der Waals surface area contributed by atoms with Gasteiger partial charge in [0.25, 0.3) is 0 Å². The van der Waals surface area contributed by atoms with E-state index in [-0.39, 0.29) is 6.04 Å². The van der Waals surface area contributed by atoms with Crippen LogP contribution in [0.5, 0.6) is 0 Å². The van der Waals surface area contributed by atoms with Crippen LogP contribution < -0.4 is 5.32 Å². The lowest BCUT2D eigenvalue weighted by Gasteiger charge is -2.36. The summed E-state index contributed by atoms with van der Waals surface area (Å²) in [5.74, 6) is 0. The highest BCUT2D eigenvalue weighted by molar-refractivity contribution is 7.80. The number of hydrogen-bond acceptors (Lipinski definition) is 2. The second-order valence-corrected chi connectivity index (χ2v) is 4.73. The summed E-state index contributed by atoms with van der Waals surface area (Å²) in [5, 5.41) is 4.19. The molecule has 0 aromatic rings. The molecule has 15 heavy (non-hydrogen) atoms. The van der Waals surface area contributed by atoms with E-state index < -0.39 is 0 Å². The maximum atomic E-state index is 5.40. The number of nitrogens with one attached hydrogen (secondary N) is 1. The molecule has 3 nitrogen and oxygen atoms in total. The van der Waals surface area contributed by atoms with Crippen molar-refractivity contribution in [2.24, 2.45) is 0 Å². The van der Waals surface area contributed by atoms with E-state index in [1.165, 1.54) is 19.3 Å². The fourth-order valence-electron chi connectivity index (χ4n) is 1.99. The van der Waals surface area contributed by atoms with Gasteiger partial charge in [0.2, 0.25) is 0 Å². The summed E-state index contributed by atoms with van der Waals surface area (Å²) >= 11 is 5.40. The molecule has 0 saturated carbocycles. The Labute approximate surface area is 98.2 Å². The molecule has 88 valence electrons. The normalized spacial score (nSPS) is 23.7. The number of thiocarbonyl (C=S) groups is 1. The van der Waals surface area contributed by atoms with Crippen molar-refractivity contribution in [1.82, 2.24) is 10.2 Å². The molecule has 0 bridgehead atoms. The molecule has 1 rings (SSSR count). The van der Waals surface area contributed by atoms with Gasteiger partial charge in [0.1, 0.15) is 0 Å². The number of methoxy groups -OCH3 is 1. The first kappa shape index (κ1) is 12.7. The molecule has 0 spiro atoms. The van der Waals surface area contributed by atoms with Gasteiger partial charge in [-0.25, -0.2) is 0 Å². The van der Waals surface area contributed by atoms with Crippen molar-refractivity contribution in [2.75, 3.05) is 20.3 Å². The third-order valence-corrected chi connectivity index (χ3v) is 3.20. The number of rotatable bonds is 3. The average molecular weight is 230 g/mol. The summed E-state index contributed by atoms with van der Waals surface area (Å²) < 4.78 is 5.08. The second-order valence-electron chi connectivity index (χ2n) is 4.34. The van der Waals surface area contributed by atoms with Crippen LogP contribution in [0, 0.1) is 0 Å². The quantitative estimate of drug-likeness (QED) is 0.747. The molecule has 1 fully saturated rings. The number of hydrogen-bond donors (Lipinski definition) is 1. The Balaban J connectivity index is 2.37. The van der Waals surface area contributed by atoms with Crippen LogP contribution in [0.1, 0.15) is 33.1 Å². The molecule has 1 heterocycles. The average Bonchev–Trinajstić information content (AvgIpc) is 2.18. The first-order valence-electron chi connectivity index (χ1n) is 5.71.